The van der Waals surface area contributed by atoms with Gasteiger partial charge in [0.25, 0.3) is 0 Å². The normalized spacial score (nSPS) is 10.7. The molecule has 76 valence electrons. The number of pyridine rings is 1. The third-order valence-corrected chi connectivity index (χ3v) is 1.66. The van der Waals surface area contributed by atoms with Crippen molar-refractivity contribution in [1.29, 1.82) is 0 Å². The lowest BCUT2D eigenvalue weighted by atomic mass is 10.2. The minimum Gasteiger partial charge on any atom is -0.478 e. The first kappa shape index (κ1) is 10.7. The quantitative estimate of drug-likeness (QED) is 0.776. The molecule has 3 nitrogen and oxygen atoms in total. The van der Waals surface area contributed by atoms with Crippen LogP contribution < -0.4 is 4.74 Å². The van der Waals surface area contributed by atoms with E-state index in [4.69, 9.17) is 9.84 Å². The van der Waals surface area contributed by atoms with Gasteiger partial charge in [0.2, 0.25) is 5.88 Å². The van der Waals surface area contributed by atoms with Crippen LogP contribution in [0, 0.1) is 0 Å². The highest BCUT2D eigenvalue weighted by Gasteiger charge is 1.92. The molecule has 1 heterocycles. The number of nitrogens with zero attached hydrogens (tertiary/aromatic N) is 1. The third-order valence-electron chi connectivity index (χ3n) is 1.66. The summed E-state index contributed by atoms with van der Waals surface area (Å²) in [4.78, 5) is 4.11. The van der Waals surface area contributed by atoms with Crippen LogP contribution in [-0.2, 0) is 0 Å². The van der Waals surface area contributed by atoms with Gasteiger partial charge in [-0.25, -0.2) is 4.98 Å². The molecule has 0 aliphatic rings. The van der Waals surface area contributed by atoms with Gasteiger partial charge >= 0.3 is 0 Å². The Morgan fingerprint density at radius 1 is 1.50 bits per heavy atom. The zero-order valence-electron chi connectivity index (χ0n) is 8.31. The summed E-state index contributed by atoms with van der Waals surface area (Å²) in [5, 5.41) is 8.57. The van der Waals surface area contributed by atoms with Gasteiger partial charge in [-0.1, -0.05) is 12.2 Å². The number of hydrogen-bond donors (Lipinski definition) is 1. The SMILES string of the molecule is CCOc1ccc(C=CCCO)cn1. The predicted octanol–water partition coefficient (Wildman–Crippen LogP) is 1.88. The molecule has 1 N–H and O–H groups in total. The number of hydrogen-bond acceptors (Lipinski definition) is 3. The van der Waals surface area contributed by atoms with E-state index in [0.717, 1.165) is 5.56 Å². The van der Waals surface area contributed by atoms with Crippen molar-refractivity contribution in [3.05, 3.63) is 30.0 Å². The zero-order chi connectivity index (χ0) is 10.2. The molecule has 1 rings (SSSR count). The molecule has 0 aliphatic heterocycles. The highest BCUT2D eigenvalue weighted by molar-refractivity contribution is 5.48. The number of rotatable bonds is 5. The first-order chi connectivity index (χ1) is 6.86. The number of aliphatic hydroxyl groups excluding tert-OH is 1. The monoisotopic (exact) mass is 193 g/mol. The Kier molecular flexibility index (Phi) is 4.72. The van der Waals surface area contributed by atoms with E-state index in [-0.39, 0.29) is 6.61 Å². The van der Waals surface area contributed by atoms with Crippen molar-refractivity contribution in [3.63, 3.8) is 0 Å². The lowest BCUT2D eigenvalue weighted by Gasteiger charge is -2.00. The molecule has 0 spiro atoms. The van der Waals surface area contributed by atoms with E-state index in [2.05, 4.69) is 4.98 Å². The van der Waals surface area contributed by atoms with Crippen molar-refractivity contribution in [2.45, 2.75) is 13.3 Å². The van der Waals surface area contributed by atoms with E-state index in [1.54, 1.807) is 6.20 Å². The molecule has 0 aliphatic carbocycles. The Hall–Kier alpha value is -1.35. The summed E-state index contributed by atoms with van der Waals surface area (Å²) < 4.78 is 5.21. The van der Waals surface area contributed by atoms with Crippen LogP contribution in [0.4, 0.5) is 0 Å². The first-order valence-electron chi connectivity index (χ1n) is 4.73. The van der Waals surface area contributed by atoms with Crippen LogP contribution in [0.15, 0.2) is 24.4 Å². The maximum absolute atomic E-state index is 8.57. The molecule has 0 atom stereocenters. The topological polar surface area (TPSA) is 42.4 Å². The Morgan fingerprint density at radius 2 is 2.36 bits per heavy atom. The Balaban J connectivity index is 2.54. The fourth-order valence-corrected chi connectivity index (χ4v) is 1.02. The van der Waals surface area contributed by atoms with Gasteiger partial charge in [-0.15, -0.1) is 0 Å². The Labute approximate surface area is 84.1 Å². The maximum Gasteiger partial charge on any atom is 0.213 e. The van der Waals surface area contributed by atoms with Crippen molar-refractivity contribution in [3.8, 4) is 5.88 Å². The lowest BCUT2D eigenvalue weighted by Crippen LogP contribution is -1.93. The van der Waals surface area contributed by atoms with Crippen molar-refractivity contribution >= 4 is 6.08 Å². The molecular weight excluding hydrogens is 178 g/mol. The molecule has 1 aromatic rings. The van der Waals surface area contributed by atoms with E-state index in [9.17, 15) is 0 Å². The summed E-state index contributed by atoms with van der Waals surface area (Å²) in [6, 6.07) is 3.77. The molecule has 0 radical (unpaired) electrons. The van der Waals surface area contributed by atoms with E-state index < -0.39 is 0 Å². The standard InChI is InChI=1S/C11H15NO2/c1-2-14-11-7-6-10(9-12-11)5-3-4-8-13/h3,5-7,9,13H,2,4,8H2,1H3. The molecule has 1 aromatic heterocycles. The van der Waals surface area contributed by atoms with Crippen molar-refractivity contribution < 1.29 is 9.84 Å². The Morgan fingerprint density at radius 3 is 2.93 bits per heavy atom. The van der Waals surface area contributed by atoms with E-state index in [1.165, 1.54) is 0 Å². The molecule has 0 amide bonds. The summed E-state index contributed by atoms with van der Waals surface area (Å²) in [5.41, 5.74) is 1.02. The van der Waals surface area contributed by atoms with Crippen LogP contribution in [0.25, 0.3) is 6.08 Å². The summed E-state index contributed by atoms with van der Waals surface area (Å²) >= 11 is 0. The average molecular weight is 193 g/mol. The molecular formula is C11H15NO2. The number of ether oxygens (including phenoxy) is 1. The second-order valence-corrected chi connectivity index (χ2v) is 2.78. The molecule has 0 saturated carbocycles. The molecule has 0 bridgehead atoms. The third kappa shape index (κ3) is 3.58. The highest BCUT2D eigenvalue weighted by Crippen LogP contribution is 2.08. The smallest absolute Gasteiger partial charge is 0.213 e. The first-order valence-corrected chi connectivity index (χ1v) is 4.73. The van der Waals surface area contributed by atoms with Gasteiger partial charge in [-0.3, -0.25) is 0 Å². The van der Waals surface area contributed by atoms with Gasteiger partial charge in [0.1, 0.15) is 0 Å². The maximum atomic E-state index is 8.57. The van der Waals surface area contributed by atoms with E-state index in [1.807, 2.05) is 31.2 Å². The van der Waals surface area contributed by atoms with Gasteiger partial charge in [-0.05, 0) is 25.0 Å². The van der Waals surface area contributed by atoms with Crippen LogP contribution in [0.1, 0.15) is 18.9 Å². The zero-order valence-corrected chi connectivity index (χ0v) is 8.31. The molecule has 0 saturated heterocycles. The average Bonchev–Trinajstić information content (AvgIpc) is 2.21. The second-order valence-electron chi connectivity index (χ2n) is 2.78. The van der Waals surface area contributed by atoms with Gasteiger partial charge in [-0.2, -0.15) is 0 Å². The van der Waals surface area contributed by atoms with Gasteiger partial charge < -0.3 is 9.84 Å². The molecule has 3 heteroatoms. The Bertz CT molecular complexity index is 280. The van der Waals surface area contributed by atoms with Crippen molar-refractivity contribution in [1.82, 2.24) is 4.98 Å². The van der Waals surface area contributed by atoms with Crippen LogP contribution in [0.2, 0.25) is 0 Å². The summed E-state index contributed by atoms with van der Waals surface area (Å²) in [7, 11) is 0. The van der Waals surface area contributed by atoms with E-state index in [0.29, 0.717) is 18.9 Å². The fraction of sp³-hybridized carbons (Fsp3) is 0.364. The minimum atomic E-state index is 0.182. The summed E-state index contributed by atoms with van der Waals surface area (Å²) in [6.07, 6.45) is 6.27. The van der Waals surface area contributed by atoms with E-state index >= 15 is 0 Å². The van der Waals surface area contributed by atoms with Crippen molar-refractivity contribution in [2.75, 3.05) is 13.2 Å². The van der Waals surface area contributed by atoms with Gasteiger partial charge in [0.15, 0.2) is 0 Å². The minimum absolute atomic E-state index is 0.182. The largest absolute Gasteiger partial charge is 0.478 e. The molecule has 0 unspecified atom stereocenters. The highest BCUT2D eigenvalue weighted by atomic mass is 16.5. The predicted molar refractivity (Wildman–Crippen MR) is 56.1 cm³/mol. The molecule has 14 heavy (non-hydrogen) atoms. The number of aliphatic hydroxyl groups is 1. The van der Waals surface area contributed by atoms with Gasteiger partial charge in [0, 0.05) is 18.9 Å². The summed E-state index contributed by atoms with van der Waals surface area (Å²) in [5.74, 6) is 0.645. The summed E-state index contributed by atoms with van der Waals surface area (Å²) in [6.45, 7) is 2.74. The van der Waals surface area contributed by atoms with Crippen LogP contribution in [0.5, 0.6) is 5.88 Å². The molecule has 0 aromatic carbocycles. The number of aromatic nitrogens is 1. The van der Waals surface area contributed by atoms with Crippen LogP contribution in [-0.4, -0.2) is 23.3 Å². The van der Waals surface area contributed by atoms with Gasteiger partial charge in [0.05, 0.1) is 6.61 Å². The van der Waals surface area contributed by atoms with Crippen molar-refractivity contribution in [2.24, 2.45) is 0 Å². The molecule has 0 fully saturated rings. The van der Waals surface area contributed by atoms with Crippen LogP contribution in [0.3, 0.4) is 0 Å². The second kappa shape index (κ2) is 6.16. The lowest BCUT2D eigenvalue weighted by molar-refractivity contribution is 0.303. The fourth-order valence-electron chi connectivity index (χ4n) is 1.02. The van der Waals surface area contributed by atoms with Crippen LogP contribution >= 0.6 is 0 Å².